The minimum atomic E-state index is -0.0463. The molecule has 2 atom stereocenters. The second-order valence-electron chi connectivity index (χ2n) is 3.70. The summed E-state index contributed by atoms with van der Waals surface area (Å²) in [6, 6.07) is 10.3. The van der Waals surface area contributed by atoms with Gasteiger partial charge in [-0.1, -0.05) is 35.9 Å². The molecular weight excluding hydrogens is 204 g/mol. The van der Waals surface area contributed by atoms with E-state index in [-0.39, 0.29) is 12.6 Å². The predicted octanol–water partition coefficient (Wildman–Crippen LogP) is 2.74. The van der Waals surface area contributed by atoms with E-state index in [2.05, 4.69) is 19.1 Å². The Balaban J connectivity index is 0.000000165. The standard InChI is InChI=1S/C7H8.C6H12O3/c1-7-5-3-2-4-6-7;1-7-5-3-4-6(8-2)9-5/h2-6H,1H3;5-6H,3-4H2,1-2H3. The zero-order valence-electron chi connectivity index (χ0n) is 10.2. The number of hydrogen-bond acceptors (Lipinski definition) is 3. The quantitative estimate of drug-likeness (QED) is 0.773. The SMILES string of the molecule is COC1CCC(OC)O1.Cc1ccccc1. The summed E-state index contributed by atoms with van der Waals surface area (Å²) in [5.41, 5.74) is 1.32. The summed E-state index contributed by atoms with van der Waals surface area (Å²) in [6.07, 6.45) is 1.79. The van der Waals surface area contributed by atoms with Gasteiger partial charge >= 0.3 is 0 Å². The van der Waals surface area contributed by atoms with Crippen LogP contribution in [0.15, 0.2) is 30.3 Å². The van der Waals surface area contributed by atoms with Crippen molar-refractivity contribution in [2.45, 2.75) is 32.3 Å². The van der Waals surface area contributed by atoms with Crippen molar-refractivity contribution in [3.63, 3.8) is 0 Å². The van der Waals surface area contributed by atoms with Crippen molar-refractivity contribution in [2.24, 2.45) is 0 Å². The molecule has 1 aromatic rings. The van der Waals surface area contributed by atoms with Crippen LogP contribution in [-0.2, 0) is 14.2 Å². The first kappa shape index (κ1) is 13.2. The van der Waals surface area contributed by atoms with Crippen LogP contribution in [0.25, 0.3) is 0 Å². The summed E-state index contributed by atoms with van der Waals surface area (Å²) in [5, 5.41) is 0. The van der Waals surface area contributed by atoms with Gasteiger partial charge in [0.05, 0.1) is 0 Å². The lowest BCUT2D eigenvalue weighted by molar-refractivity contribution is -0.185. The summed E-state index contributed by atoms with van der Waals surface area (Å²) in [4.78, 5) is 0. The first-order valence-corrected chi connectivity index (χ1v) is 5.49. The molecule has 1 aromatic carbocycles. The molecule has 1 saturated heterocycles. The molecule has 1 fully saturated rings. The smallest absolute Gasteiger partial charge is 0.160 e. The molecule has 0 aliphatic carbocycles. The van der Waals surface area contributed by atoms with Crippen molar-refractivity contribution in [2.75, 3.05) is 14.2 Å². The largest absolute Gasteiger partial charge is 0.356 e. The molecule has 0 amide bonds. The molecule has 0 saturated carbocycles. The molecule has 0 radical (unpaired) electrons. The van der Waals surface area contributed by atoms with Crippen molar-refractivity contribution in [3.8, 4) is 0 Å². The van der Waals surface area contributed by atoms with Crippen LogP contribution < -0.4 is 0 Å². The summed E-state index contributed by atoms with van der Waals surface area (Å²) in [5.74, 6) is 0. The minimum Gasteiger partial charge on any atom is -0.356 e. The molecule has 2 rings (SSSR count). The molecule has 0 bridgehead atoms. The lowest BCUT2D eigenvalue weighted by Gasteiger charge is -2.09. The fourth-order valence-electron chi connectivity index (χ4n) is 1.46. The molecule has 0 N–H and O–H groups in total. The van der Waals surface area contributed by atoms with E-state index in [9.17, 15) is 0 Å². The van der Waals surface area contributed by atoms with Gasteiger partial charge in [0.25, 0.3) is 0 Å². The monoisotopic (exact) mass is 224 g/mol. The lowest BCUT2D eigenvalue weighted by atomic mass is 10.2. The van der Waals surface area contributed by atoms with Crippen LogP contribution >= 0.6 is 0 Å². The van der Waals surface area contributed by atoms with Crippen LogP contribution in [0.1, 0.15) is 18.4 Å². The lowest BCUT2D eigenvalue weighted by Crippen LogP contribution is -2.13. The van der Waals surface area contributed by atoms with E-state index in [1.54, 1.807) is 14.2 Å². The van der Waals surface area contributed by atoms with E-state index in [1.165, 1.54) is 5.56 Å². The topological polar surface area (TPSA) is 27.7 Å². The predicted molar refractivity (Wildman–Crippen MR) is 63.1 cm³/mol. The summed E-state index contributed by atoms with van der Waals surface area (Å²) in [7, 11) is 3.28. The van der Waals surface area contributed by atoms with Gasteiger partial charge in [0, 0.05) is 27.1 Å². The van der Waals surface area contributed by atoms with Gasteiger partial charge in [-0.15, -0.1) is 0 Å². The second kappa shape index (κ2) is 7.39. The molecule has 1 heterocycles. The highest BCUT2D eigenvalue weighted by molar-refractivity contribution is 5.11. The third-order valence-electron chi connectivity index (χ3n) is 2.41. The van der Waals surface area contributed by atoms with Crippen molar-refractivity contribution >= 4 is 0 Å². The van der Waals surface area contributed by atoms with Crippen LogP contribution in [0.2, 0.25) is 0 Å². The summed E-state index contributed by atoms with van der Waals surface area (Å²) < 4.78 is 15.1. The number of benzene rings is 1. The van der Waals surface area contributed by atoms with Crippen molar-refractivity contribution in [1.29, 1.82) is 0 Å². The highest BCUT2D eigenvalue weighted by Gasteiger charge is 2.23. The highest BCUT2D eigenvalue weighted by atomic mass is 16.8. The number of aryl methyl sites for hydroxylation is 1. The van der Waals surface area contributed by atoms with Crippen LogP contribution in [-0.4, -0.2) is 26.8 Å². The molecule has 3 nitrogen and oxygen atoms in total. The third-order valence-corrected chi connectivity index (χ3v) is 2.41. The Kier molecular flexibility index (Phi) is 6.08. The molecule has 90 valence electrons. The first-order chi connectivity index (χ1) is 7.76. The average molecular weight is 224 g/mol. The van der Waals surface area contributed by atoms with Gasteiger partial charge in [-0.3, -0.25) is 0 Å². The van der Waals surface area contributed by atoms with E-state index >= 15 is 0 Å². The van der Waals surface area contributed by atoms with Crippen molar-refractivity contribution in [1.82, 2.24) is 0 Å². The summed E-state index contributed by atoms with van der Waals surface area (Å²) in [6.45, 7) is 2.08. The fraction of sp³-hybridized carbons (Fsp3) is 0.538. The maximum absolute atomic E-state index is 5.22. The Morgan fingerprint density at radius 3 is 1.75 bits per heavy atom. The first-order valence-electron chi connectivity index (χ1n) is 5.49. The fourth-order valence-corrected chi connectivity index (χ4v) is 1.46. The molecular formula is C13H20O3. The Morgan fingerprint density at radius 2 is 1.50 bits per heavy atom. The molecule has 3 heteroatoms. The van der Waals surface area contributed by atoms with Gasteiger partial charge < -0.3 is 14.2 Å². The van der Waals surface area contributed by atoms with Gasteiger partial charge in [0.15, 0.2) is 12.6 Å². The van der Waals surface area contributed by atoms with Gasteiger partial charge in [-0.2, -0.15) is 0 Å². The Hall–Kier alpha value is -0.900. The maximum Gasteiger partial charge on any atom is 0.160 e. The van der Waals surface area contributed by atoms with E-state index in [4.69, 9.17) is 14.2 Å². The van der Waals surface area contributed by atoms with Crippen LogP contribution in [0.5, 0.6) is 0 Å². The average Bonchev–Trinajstić information content (AvgIpc) is 2.79. The van der Waals surface area contributed by atoms with E-state index in [0.29, 0.717) is 0 Å². The van der Waals surface area contributed by atoms with Crippen molar-refractivity contribution < 1.29 is 14.2 Å². The molecule has 0 aromatic heterocycles. The van der Waals surface area contributed by atoms with Crippen LogP contribution in [0.4, 0.5) is 0 Å². The third kappa shape index (κ3) is 4.75. The molecule has 0 spiro atoms. The Bertz CT molecular complexity index is 264. The summed E-state index contributed by atoms with van der Waals surface area (Å²) >= 11 is 0. The Morgan fingerprint density at radius 1 is 1.00 bits per heavy atom. The number of methoxy groups -OCH3 is 2. The van der Waals surface area contributed by atoms with Crippen LogP contribution in [0.3, 0.4) is 0 Å². The van der Waals surface area contributed by atoms with Crippen molar-refractivity contribution in [3.05, 3.63) is 35.9 Å². The Labute approximate surface area is 97.3 Å². The van der Waals surface area contributed by atoms with Gasteiger partial charge in [-0.25, -0.2) is 0 Å². The van der Waals surface area contributed by atoms with Gasteiger partial charge in [0.1, 0.15) is 0 Å². The molecule has 1 aliphatic heterocycles. The van der Waals surface area contributed by atoms with E-state index in [0.717, 1.165) is 12.8 Å². The van der Waals surface area contributed by atoms with Crippen LogP contribution in [0, 0.1) is 6.92 Å². The molecule has 2 unspecified atom stereocenters. The second-order valence-corrected chi connectivity index (χ2v) is 3.70. The minimum absolute atomic E-state index is 0.0463. The van der Waals surface area contributed by atoms with E-state index in [1.807, 2.05) is 18.2 Å². The highest BCUT2D eigenvalue weighted by Crippen LogP contribution is 2.19. The van der Waals surface area contributed by atoms with E-state index < -0.39 is 0 Å². The normalized spacial score (nSPS) is 23.7. The number of rotatable bonds is 2. The zero-order chi connectivity index (χ0) is 11.8. The van der Waals surface area contributed by atoms with Gasteiger partial charge in [0.2, 0.25) is 0 Å². The maximum atomic E-state index is 5.22. The van der Waals surface area contributed by atoms with Gasteiger partial charge in [-0.05, 0) is 6.92 Å². The number of ether oxygens (including phenoxy) is 3. The zero-order valence-corrected chi connectivity index (χ0v) is 10.2. The number of hydrogen-bond donors (Lipinski definition) is 0. The molecule has 1 aliphatic rings. The molecule has 16 heavy (non-hydrogen) atoms.